The number of carbonyl (C=O) groups excluding carboxylic acids is 1. The van der Waals surface area contributed by atoms with E-state index in [1.54, 1.807) is 24.0 Å². The number of rotatable bonds is 3. The van der Waals surface area contributed by atoms with Crippen LogP contribution in [-0.2, 0) is 7.05 Å². The molecule has 0 aliphatic heterocycles. The van der Waals surface area contributed by atoms with Gasteiger partial charge >= 0.3 is 12.0 Å². The minimum Gasteiger partial charge on any atom is -0.478 e. The summed E-state index contributed by atoms with van der Waals surface area (Å²) in [5, 5.41) is 20.3. The zero-order valence-corrected chi connectivity index (χ0v) is 12.0. The second-order valence-corrected chi connectivity index (χ2v) is 5.13. The maximum Gasteiger partial charge on any atom is 0.338 e. The van der Waals surface area contributed by atoms with Crippen LogP contribution in [0.1, 0.15) is 21.7 Å². The molecule has 2 rings (SSSR count). The molecule has 0 saturated carbocycles. The lowest BCUT2D eigenvalue weighted by Gasteiger charge is -2.07. The van der Waals surface area contributed by atoms with Crippen molar-refractivity contribution in [1.29, 1.82) is 0 Å². The highest BCUT2D eigenvalue weighted by molar-refractivity contribution is 7.14. The number of urea groups is 1. The lowest BCUT2D eigenvalue weighted by atomic mass is 10.3. The van der Waals surface area contributed by atoms with E-state index in [1.807, 2.05) is 6.92 Å². The summed E-state index contributed by atoms with van der Waals surface area (Å²) < 4.78 is 1.67. The Morgan fingerprint density at radius 3 is 2.60 bits per heavy atom. The van der Waals surface area contributed by atoms with Crippen molar-refractivity contribution < 1.29 is 14.7 Å². The van der Waals surface area contributed by atoms with Gasteiger partial charge in [-0.05, 0) is 25.3 Å². The van der Waals surface area contributed by atoms with Gasteiger partial charge in [-0.25, -0.2) is 9.59 Å². The summed E-state index contributed by atoms with van der Waals surface area (Å²) in [4.78, 5) is 22.9. The first-order chi connectivity index (χ1) is 9.40. The topological polar surface area (TPSA) is 96.3 Å². The van der Waals surface area contributed by atoms with Crippen LogP contribution >= 0.6 is 11.3 Å². The molecule has 2 aromatic heterocycles. The Labute approximate surface area is 119 Å². The Hall–Kier alpha value is -2.35. The van der Waals surface area contributed by atoms with Crippen molar-refractivity contribution in [2.24, 2.45) is 7.05 Å². The average Bonchev–Trinajstić information content (AvgIpc) is 2.90. The first kappa shape index (κ1) is 14.1. The number of carboxylic acid groups (broad SMARTS) is 1. The first-order valence-electron chi connectivity index (χ1n) is 5.79. The van der Waals surface area contributed by atoms with Gasteiger partial charge in [0, 0.05) is 7.05 Å². The van der Waals surface area contributed by atoms with Crippen LogP contribution in [0.25, 0.3) is 0 Å². The number of thiophene rings is 1. The first-order valence-corrected chi connectivity index (χ1v) is 6.67. The summed E-state index contributed by atoms with van der Waals surface area (Å²) in [7, 11) is 1.78. The third-order valence-electron chi connectivity index (χ3n) is 2.87. The molecule has 0 aromatic carbocycles. The van der Waals surface area contributed by atoms with Gasteiger partial charge in [0.2, 0.25) is 0 Å². The molecule has 2 aromatic rings. The summed E-state index contributed by atoms with van der Waals surface area (Å²) in [5.74, 6) is -1.07. The largest absolute Gasteiger partial charge is 0.478 e. The van der Waals surface area contributed by atoms with Gasteiger partial charge in [0.1, 0.15) is 5.00 Å². The second kappa shape index (κ2) is 5.33. The zero-order chi connectivity index (χ0) is 14.9. The molecule has 0 saturated heterocycles. The third kappa shape index (κ3) is 2.64. The number of aryl methyl sites for hydroxylation is 2. The van der Waals surface area contributed by atoms with E-state index in [0.717, 1.165) is 17.0 Å². The van der Waals surface area contributed by atoms with Gasteiger partial charge in [-0.3, -0.25) is 10.00 Å². The van der Waals surface area contributed by atoms with Crippen LogP contribution in [0.3, 0.4) is 0 Å². The van der Waals surface area contributed by atoms with Gasteiger partial charge in [0.25, 0.3) is 0 Å². The number of carbonyl (C=O) groups is 2. The van der Waals surface area contributed by atoms with Gasteiger partial charge in [-0.1, -0.05) is 0 Å². The molecular weight excluding hydrogens is 280 g/mol. The highest BCUT2D eigenvalue weighted by Crippen LogP contribution is 2.24. The molecule has 106 valence electrons. The number of hydrogen-bond donors (Lipinski definition) is 3. The van der Waals surface area contributed by atoms with Crippen LogP contribution in [0.2, 0.25) is 0 Å². The van der Waals surface area contributed by atoms with Crippen LogP contribution in [-0.4, -0.2) is 26.9 Å². The Kier molecular flexibility index (Phi) is 3.75. The number of aromatic carboxylic acids is 1. The van der Waals surface area contributed by atoms with Crippen molar-refractivity contribution in [2.75, 3.05) is 10.6 Å². The van der Waals surface area contributed by atoms with Crippen molar-refractivity contribution in [3.8, 4) is 0 Å². The quantitative estimate of drug-likeness (QED) is 0.810. The van der Waals surface area contributed by atoms with E-state index in [1.165, 1.54) is 6.07 Å². The average molecular weight is 294 g/mol. The van der Waals surface area contributed by atoms with E-state index in [-0.39, 0.29) is 5.56 Å². The van der Waals surface area contributed by atoms with Crippen molar-refractivity contribution >= 4 is 34.0 Å². The van der Waals surface area contributed by atoms with E-state index in [0.29, 0.717) is 16.4 Å². The van der Waals surface area contributed by atoms with Crippen molar-refractivity contribution in [2.45, 2.75) is 13.8 Å². The molecule has 0 spiro atoms. The summed E-state index contributed by atoms with van der Waals surface area (Å²) in [6, 6.07) is 0.956. The number of hydrogen-bond acceptors (Lipinski definition) is 4. The smallest absolute Gasteiger partial charge is 0.338 e. The van der Waals surface area contributed by atoms with Crippen LogP contribution < -0.4 is 10.6 Å². The Bertz CT molecular complexity index is 674. The Balaban J connectivity index is 2.13. The summed E-state index contributed by atoms with van der Waals surface area (Å²) in [5.41, 5.74) is 2.22. The summed E-state index contributed by atoms with van der Waals surface area (Å²) in [6.07, 6.45) is 0. The van der Waals surface area contributed by atoms with Crippen LogP contribution in [0.15, 0.2) is 11.4 Å². The molecule has 2 heterocycles. The lowest BCUT2D eigenvalue weighted by molar-refractivity contribution is 0.0698. The molecule has 2 amide bonds. The normalized spacial score (nSPS) is 10.3. The van der Waals surface area contributed by atoms with Gasteiger partial charge in [-0.15, -0.1) is 11.3 Å². The summed E-state index contributed by atoms with van der Waals surface area (Å²) in [6.45, 7) is 3.62. The lowest BCUT2D eigenvalue weighted by Crippen LogP contribution is -2.20. The minimum absolute atomic E-state index is 0.0739. The van der Waals surface area contributed by atoms with Gasteiger partial charge in [-0.2, -0.15) is 5.10 Å². The molecule has 0 aliphatic rings. The standard InChI is InChI=1S/C12H14N4O3S/c1-6-9(7(2)16(3)15-6)13-12(19)14-10-8(11(17)18)4-5-20-10/h4-5H,1-3H3,(H,17,18)(H2,13,14,19). The number of anilines is 2. The molecule has 0 bridgehead atoms. The van der Waals surface area contributed by atoms with E-state index >= 15 is 0 Å². The van der Waals surface area contributed by atoms with Crippen molar-refractivity contribution in [3.63, 3.8) is 0 Å². The summed E-state index contributed by atoms with van der Waals surface area (Å²) >= 11 is 1.16. The Morgan fingerprint density at radius 2 is 2.05 bits per heavy atom. The molecule has 20 heavy (non-hydrogen) atoms. The van der Waals surface area contributed by atoms with E-state index in [4.69, 9.17) is 5.11 Å². The molecule has 0 atom stereocenters. The van der Waals surface area contributed by atoms with Crippen LogP contribution in [0, 0.1) is 13.8 Å². The fourth-order valence-corrected chi connectivity index (χ4v) is 2.55. The zero-order valence-electron chi connectivity index (χ0n) is 11.2. The minimum atomic E-state index is -1.07. The van der Waals surface area contributed by atoms with Crippen molar-refractivity contribution in [1.82, 2.24) is 9.78 Å². The molecule has 8 heteroatoms. The fourth-order valence-electron chi connectivity index (χ4n) is 1.78. The molecular formula is C12H14N4O3S. The fraction of sp³-hybridized carbons (Fsp3) is 0.250. The molecule has 3 N–H and O–H groups in total. The SMILES string of the molecule is Cc1nn(C)c(C)c1NC(=O)Nc1sccc1C(=O)O. The molecule has 0 aliphatic carbocycles. The molecule has 0 radical (unpaired) electrons. The number of amides is 2. The molecule has 0 unspecified atom stereocenters. The molecule has 0 fully saturated rings. The predicted octanol–water partition coefficient (Wildman–Crippen LogP) is 2.44. The van der Waals surface area contributed by atoms with Gasteiger partial charge < -0.3 is 10.4 Å². The van der Waals surface area contributed by atoms with Gasteiger partial charge in [0.15, 0.2) is 0 Å². The van der Waals surface area contributed by atoms with E-state index in [2.05, 4.69) is 15.7 Å². The number of carboxylic acids is 1. The van der Waals surface area contributed by atoms with E-state index < -0.39 is 12.0 Å². The van der Waals surface area contributed by atoms with Crippen LogP contribution in [0.4, 0.5) is 15.5 Å². The number of nitrogens with zero attached hydrogens (tertiary/aromatic N) is 2. The van der Waals surface area contributed by atoms with Gasteiger partial charge in [0.05, 0.1) is 22.6 Å². The molecule has 7 nitrogen and oxygen atoms in total. The van der Waals surface area contributed by atoms with Crippen molar-refractivity contribution in [3.05, 3.63) is 28.4 Å². The maximum atomic E-state index is 11.9. The highest BCUT2D eigenvalue weighted by atomic mass is 32.1. The monoisotopic (exact) mass is 294 g/mol. The predicted molar refractivity (Wildman–Crippen MR) is 76.6 cm³/mol. The maximum absolute atomic E-state index is 11.9. The van der Waals surface area contributed by atoms with Crippen LogP contribution in [0.5, 0.6) is 0 Å². The highest BCUT2D eigenvalue weighted by Gasteiger charge is 2.16. The number of aromatic nitrogens is 2. The Morgan fingerprint density at radius 1 is 1.35 bits per heavy atom. The van der Waals surface area contributed by atoms with E-state index in [9.17, 15) is 9.59 Å². The number of nitrogens with one attached hydrogen (secondary N) is 2. The third-order valence-corrected chi connectivity index (χ3v) is 3.70. The second-order valence-electron chi connectivity index (χ2n) is 4.22.